The first-order valence-corrected chi connectivity index (χ1v) is 9.82. The van der Waals surface area contributed by atoms with Gasteiger partial charge in [0.05, 0.1) is 5.75 Å². The third kappa shape index (κ3) is 4.30. The van der Waals surface area contributed by atoms with Crippen LogP contribution in [0, 0.1) is 12.3 Å². The zero-order chi connectivity index (χ0) is 16.1. The highest BCUT2D eigenvalue weighted by Gasteiger charge is 2.36. The third-order valence-corrected chi connectivity index (χ3v) is 6.44. The Kier molecular flexibility index (Phi) is 5.65. The van der Waals surface area contributed by atoms with E-state index in [0.717, 1.165) is 44.9 Å². The summed E-state index contributed by atoms with van der Waals surface area (Å²) >= 11 is 1.74. The standard InChI is InChI=1S/C19H27NO2S/c1-16-4-2-3-5-17(16)14-23-15-18(21)20-10-6-19(7-11-20)8-12-22-13-9-19/h2-5H,6-15H2,1H3. The van der Waals surface area contributed by atoms with Crippen LogP contribution in [0.15, 0.2) is 24.3 Å². The van der Waals surface area contributed by atoms with Crippen molar-refractivity contribution >= 4 is 17.7 Å². The molecule has 2 fully saturated rings. The van der Waals surface area contributed by atoms with E-state index in [-0.39, 0.29) is 0 Å². The molecular weight excluding hydrogens is 306 g/mol. The number of thioether (sulfide) groups is 1. The molecule has 2 aliphatic heterocycles. The van der Waals surface area contributed by atoms with Gasteiger partial charge in [0.1, 0.15) is 0 Å². The highest BCUT2D eigenvalue weighted by atomic mass is 32.2. The molecule has 0 saturated carbocycles. The summed E-state index contributed by atoms with van der Waals surface area (Å²) in [5.41, 5.74) is 3.11. The average molecular weight is 333 g/mol. The van der Waals surface area contributed by atoms with Gasteiger partial charge in [-0.3, -0.25) is 4.79 Å². The zero-order valence-corrected chi connectivity index (χ0v) is 14.9. The Balaban J connectivity index is 1.42. The second-order valence-corrected chi connectivity index (χ2v) is 7.90. The fourth-order valence-electron chi connectivity index (χ4n) is 3.65. The molecule has 2 saturated heterocycles. The number of hydrogen-bond donors (Lipinski definition) is 0. The first kappa shape index (κ1) is 16.8. The molecule has 0 radical (unpaired) electrons. The van der Waals surface area contributed by atoms with Crippen LogP contribution in [0.1, 0.15) is 36.8 Å². The zero-order valence-electron chi connectivity index (χ0n) is 14.1. The maximum Gasteiger partial charge on any atom is 0.232 e. The maximum absolute atomic E-state index is 12.4. The number of benzene rings is 1. The number of likely N-dealkylation sites (tertiary alicyclic amines) is 1. The number of aryl methyl sites for hydroxylation is 1. The van der Waals surface area contributed by atoms with Gasteiger partial charge in [-0.15, -0.1) is 11.8 Å². The topological polar surface area (TPSA) is 29.5 Å². The highest BCUT2D eigenvalue weighted by molar-refractivity contribution is 7.99. The number of hydrogen-bond acceptors (Lipinski definition) is 3. The first-order valence-electron chi connectivity index (χ1n) is 8.66. The number of ether oxygens (including phenoxy) is 1. The summed E-state index contributed by atoms with van der Waals surface area (Å²) in [6.07, 6.45) is 4.67. The fourth-order valence-corrected chi connectivity index (χ4v) is 4.65. The molecule has 0 aliphatic carbocycles. The van der Waals surface area contributed by atoms with E-state index >= 15 is 0 Å². The van der Waals surface area contributed by atoms with Crippen LogP contribution in [0.3, 0.4) is 0 Å². The molecule has 0 atom stereocenters. The lowest BCUT2D eigenvalue weighted by molar-refractivity contribution is -0.131. The predicted molar refractivity (Wildman–Crippen MR) is 95.6 cm³/mol. The van der Waals surface area contributed by atoms with Gasteiger partial charge in [-0.1, -0.05) is 24.3 Å². The molecule has 0 aromatic heterocycles. The summed E-state index contributed by atoms with van der Waals surface area (Å²) < 4.78 is 5.49. The highest BCUT2D eigenvalue weighted by Crippen LogP contribution is 2.40. The van der Waals surface area contributed by atoms with Crippen LogP contribution in [0.4, 0.5) is 0 Å². The number of nitrogens with zero attached hydrogens (tertiary/aromatic N) is 1. The smallest absolute Gasteiger partial charge is 0.232 e. The van der Waals surface area contributed by atoms with E-state index < -0.39 is 0 Å². The minimum atomic E-state index is 0.311. The van der Waals surface area contributed by atoms with Crippen LogP contribution in [0.2, 0.25) is 0 Å². The van der Waals surface area contributed by atoms with Crippen molar-refractivity contribution in [2.75, 3.05) is 32.1 Å². The minimum absolute atomic E-state index is 0.311. The Labute approximate surface area is 143 Å². The lowest BCUT2D eigenvalue weighted by atomic mass is 9.72. The van der Waals surface area contributed by atoms with Crippen molar-refractivity contribution < 1.29 is 9.53 Å². The summed E-state index contributed by atoms with van der Waals surface area (Å²) in [6, 6.07) is 8.43. The molecule has 0 N–H and O–H groups in total. The second kappa shape index (κ2) is 7.71. The van der Waals surface area contributed by atoms with Crippen molar-refractivity contribution in [2.45, 2.75) is 38.4 Å². The second-order valence-electron chi connectivity index (χ2n) is 6.91. The van der Waals surface area contributed by atoms with Gasteiger partial charge in [0.2, 0.25) is 5.91 Å². The van der Waals surface area contributed by atoms with Gasteiger partial charge < -0.3 is 9.64 Å². The van der Waals surface area contributed by atoms with Crippen molar-refractivity contribution in [3.05, 3.63) is 35.4 Å². The molecule has 0 bridgehead atoms. The van der Waals surface area contributed by atoms with E-state index in [4.69, 9.17) is 4.74 Å². The molecule has 3 nitrogen and oxygen atoms in total. The van der Waals surface area contributed by atoms with Crippen LogP contribution in [-0.2, 0) is 15.3 Å². The molecule has 1 spiro atoms. The van der Waals surface area contributed by atoms with Gasteiger partial charge >= 0.3 is 0 Å². The summed E-state index contributed by atoms with van der Waals surface area (Å²) in [7, 11) is 0. The molecule has 1 aromatic carbocycles. The molecule has 3 rings (SSSR count). The monoisotopic (exact) mass is 333 g/mol. The molecule has 0 unspecified atom stereocenters. The van der Waals surface area contributed by atoms with Crippen molar-refractivity contribution in [3.63, 3.8) is 0 Å². The van der Waals surface area contributed by atoms with Crippen molar-refractivity contribution in [1.82, 2.24) is 4.90 Å². The molecular formula is C19H27NO2S. The van der Waals surface area contributed by atoms with Crippen LogP contribution >= 0.6 is 11.8 Å². The van der Waals surface area contributed by atoms with E-state index in [2.05, 4.69) is 36.1 Å². The average Bonchev–Trinajstić information content (AvgIpc) is 2.58. The molecule has 1 aromatic rings. The lowest BCUT2D eigenvalue weighted by Crippen LogP contribution is -2.45. The Morgan fingerprint density at radius 3 is 2.57 bits per heavy atom. The summed E-state index contributed by atoms with van der Waals surface area (Å²) in [6.45, 7) is 5.81. The number of amides is 1. The van der Waals surface area contributed by atoms with Crippen LogP contribution in [0.25, 0.3) is 0 Å². The molecule has 1 amide bonds. The lowest BCUT2D eigenvalue weighted by Gasteiger charge is -2.44. The third-order valence-electron chi connectivity index (χ3n) is 5.47. The SMILES string of the molecule is Cc1ccccc1CSCC(=O)N1CCC2(CCOCC2)CC1. The van der Waals surface area contributed by atoms with Crippen molar-refractivity contribution in [3.8, 4) is 0 Å². The van der Waals surface area contributed by atoms with Gasteiger partial charge in [-0.25, -0.2) is 0 Å². The van der Waals surface area contributed by atoms with Crippen LogP contribution in [-0.4, -0.2) is 42.9 Å². The first-order chi connectivity index (χ1) is 11.2. The van der Waals surface area contributed by atoms with Gasteiger partial charge in [-0.05, 0) is 49.1 Å². The summed E-state index contributed by atoms with van der Waals surface area (Å²) in [5, 5.41) is 0. The van der Waals surface area contributed by atoms with E-state index in [1.165, 1.54) is 24.0 Å². The van der Waals surface area contributed by atoms with E-state index in [0.29, 0.717) is 17.1 Å². The van der Waals surface area contributed by atoms with Gasteiger partial charge in [-0.2, -0.15) is 0 Å². The van der Waals surface area contributed by atoms with E-state index in [1.54, 1.807) is 11.8 Å². The molecule has 23 heavy (non-hydrogen) atoms. The maximum atomic E-state index is 12.4. The normalized spacial score (nSPS) is 20.7. The molecule has 126 valence electrons. The van der Waals surface area contributed by atoms with E-state index in [1.807, 2.05) is 0 Å². The number of rotatable bonds is 4. The van der Waals surface area contributed by atoms with Crippen molar-refractivity contribution in [1.29, 1.82) is 0 Å². The summed E-state index contributed by atoms with van der Waals surface area (Å²) in [4.78, 5) is 14.5. The quantitative estimate of drug-likeness (QED) is 0.842. The predicted octanol–water partition coefficient (Wildman–Crippen LogP) is 3.65. The summed E-state index contributed by atoms with van der Waals surface area (Å²) in [5.74, 6) is 1.84. The Morgan fingerprint density at radius 2 is 1.87 bits per heavy atom. The largest absolute Gasteiger partial charge is 0.381 e. The van der Waals surface area contributed by atoms with Gasteiger partial charge in [0.15, 0.2) is 0 Å². The Hall–Kier alpha value is -1.00. The Morgan fingerprint density at radius 1 is 1.17 bits per heavy atom. The van der Waals surface area contributed by atoms with Crippen LogP contribution in [0.5, 0.6) is 0 Å². The molecule has 2 heterocycles. The number of carbonyl (C=O) groups is 1. The number of piperidine rings is 1. The fraction of sp³-hybridized carbons (Fsp3) is 0.632. The molecule has 4 heteroatoms. The van der Waals surface area contributed by atoms with Gasteiger partial charge in [0.25, 0.3) is 0 Å². The van der Waals surface area contributed by atoms with Crippen LogP contribution < -0.4 is 0 Å². The Bertz CT molecular complexity index is 530. The number of carbonyl (C=O) groups excluding carboxylic acids is 1. The molecule has 2 aliphatic rings. The van der Waals surface area contributed by atoms with Crippen molar-refractivity contribution in [2.24, 2.45) is 5.41 Å². The van der Waals surface area contributed by atoms with Gasteiger partial charge in [0, 0.05) is 32.1 Å². The van der Waals surface area contributed by atoms with E-state index in [9.17, 15) is 4.79 Å². The minimum Gasteiger partial charge on any atom is -0.381 e.